The number of aromatic nitrogens is 3. The molecule has 1 amide bonds. The Bertz CT molecular complexity index is 1160. The standard InChI is InChI=1S/C19H14N4O4/c1-26-15-4-2-3-12-9-14(19(25)27-17(12)15)18(24)22-13-5-6-16(21-10-13)23-8-7-20-11-23/h2-11H,1H3,(H,22,24). The van der Waals surface area contributed by atoms with E-state index in [1.807, 2.05) is 0 Å². The molecule has 3 heterocycles. The van der Waals surface area contributed by atoms with E-state index in [-0.39, 0.29) is 5.56 Å². The van der Waals surface area contributed by atoms with Gasteiger partial charge in [0.1, 0.15) is 17.7 Å². The zero-order valence-electron chi connectivity index (χ0n) is 14.2. The highest BCUT2D eigenvalue weighted by Crippen LogP contribution is 2.24. The number of hydrogen-bond donors (Lipinski definition) is 1. The van der Waals surface area contributed by atoms with E-state index in [1.54, 1.807) is 53.6 Å². The minimum atomic E-state index is -0.743. The molecular formula is C19H14N4O4. The number of nitrogens with one attached hydrogen (secondary N) is 1. The Kier molecular flexibility index (Phi) is 4.13. The Morgan fingerprint density at radius 2 is 2.15 bits per heavy atom. The number of pyridine rings is 1. The minimum absolute atomic E-state index is 0.102. The van der Waals surface area contributed by atoms with Gasteiger partial charge in [-0.15, -0.1) is 0 Å². The summed E-state index contributed by atoms with van der Waals surface area (Å²) in [6.07, 6.45) is 6.52. The van der Waals surface area contributed by atoms with E-state index in [2.05, 4.69) is 15.3 Å². The summed E-state index contributed by atoms with van der Waals surface area (Å²) in [5.41, 5.74) is -0.0937. The van der Waals surface area contributed by atoms with Gasteiger partial charge in [-0.1, -0.05) is 12.1 Å². The van der Waals surface area contributed by atoms with Crippen LogP contribution in [0.2, 0.25) is 0 Å². The zero-order valence-corrected chi connectivity index (χ0v) is 14.2. The zero-order chi connectivity index (χ0) is 18.8. The van der Waals surface area contributed by atoms with Crippen LogP contribution in [0.4, 0.5) is 5.69 Å². The Balaban J connectivity index is 1.61. The first-order valence-electron chi connectivity index (χ1n) is 8.02. The molecule has 0 aliphatic carbocycles. The molecular weight excluding hydrogens is 348 g/mol. The van der Waals surface area contributed by atoms with E-state index in [0.717, 1.165) is 0 Å². The predicted octanol–water partition coefficient (Wildman–Crippen LogP) is 2.63. The van der Waals surface area contributed by atoms with Gasteiger partial charge in [-0.2, -0.15) is 0 Å². The van der Waals surface area contributed by atoms with E-state index in [4.69, 9.17) is 9.15 Å². The van der Waals surface area contributed by atoms with E-state index in [1.165, 1.54) is 19.4 Å². The number of ether oxygens (including phenoxy) is 1. The summed E-state index contributed by atoms with van der Waals surface area (Å²) in [5.74, 6) is 0.504. The first kappa shape index (κ1) is 16.5. The molecule has 0 aliphatic rings. The maximum absolute atomic E-state index is 12.5. The first-order chi connectivity index (χ1) is 13.2. The first-order valence-corrected chi connectivity index (χ1v) is 8.02. The lowest BCUT2D eigenvalue weighted by molar-refractivity contribution is 0.102. The van der Waals surface area contributed by atoms with E-state index in [0.29, 0.717) is 28.2 Å². The minimum Gasteiger partial charge on any atom is -0.493 e. The van der Waals surface area contributed by atoms with Crippen molar-refractivity contribution in [1.82, 2.24) is 14.5 Å². The molecule has 0 saturated carbocycles. The SMILES string of the molecule is COc1cccc2cc(C(=O)Nc3ccc(-n4ccnc4)nc3)c(=O)oc12. The third-order valence-corrected chi connectivity index (χ3v) is 3.96. The van der Waals surface area contributed by atoms with Gasteiger partial charge in [0.2, 0.25) is 0 Å². The van der Waals surface area contributed by atoms with Gasteiger partial charge < -0.3 is 14.5 Å². The number of rotatable bonds is 4. The molecule has 4 aromatic rings. The van der Waals surface area contributed by atoms with Gasteiger partial charge in [-0.25, -0.2) is 14.8 Å². The third-order valence-electron chi connectivity index (χ3n) is 3.96. The molecule has 8 nitrogen and oxygen atoms in total. The average molecular weight is 362 g/mol. The largest absolute Gasteiger partial charge is 0.493 e. The van der Waals surface area contributed by atoms with Gasteiger partial charge in [0.05, 0.1) is 19.0 Å². The van der Waals surface area contributed by atoms with E-state index >= 15 is 0 Å². The maximum Gasteiger partial charge on any atom is 0.349 e. The molecule has 0 atom stereocenters. The van der Waals surface area contributed by atoms with Crippen LogP contribution >= 0.6 is 0 Å². The summed E-state index contributed by atoms with van der Waals surface area (Å²) in [5, 5.41) is 3.24. The van der Waals surface area contributed by atoms with Crippen molar-refractivity contribution in [3.63, 3.8) is 0 Å². The number of carbonyl (C=O) groups excluding carboxylic acids is 1. The molecule has 1 aromatic carbocycles. The molecule has 0 aliphatic heterocycles. The lowest BCUT2D eigenvalue weighted by Crippen LogP contribution is -2.20. The van der Waals surface area contributed by atoms with Crippen LogP contribution < -0.4 is 15.7 Å². The van der Waals surface area contributed by atoms with Crippen molar-refractivity contribution in [2.45, 2.75) is 0 Å². The van der Waals surface area contributed by atoms with Gasteiger partial charge >= 0.3 is 5.63 Å². The molecule has 0 fully saturated rings. The van der Waals surface area contributed by atoms with Crippen molar-refractivity contribution in [3.05, 3.63) is 77.3 Å². The summed E-state index contributed by atoms with van der Waals surface area (Å²) >= 11 is 0. The van der Waals surface area contributed by atoms with Crippen LogP contribution in [0.1, 0.15) is 10.4 Å². The summed E-state index contributed by atoms with van der Waals surface area (Å²) in [6.45, 7) is 0. The number of imidazole rings is 1. The van der Waals surface area contributed by atoms with Gasteiger partial charge in [0.15, 0.2) is 11.3 Å². The van der Waals surface area contributed by atoms with Crippen molar-refractivity contribution in [2.24, 2.45) is 0 Å². The fourth-order valence-corrected chi connectivity index (χ4v) is 2.64. The van der Waals surface area contributed by atoms with Crippen molar-refractivity contribution in [2.75, 3.05) is 12.4 Å². The Morgan fingerprint density at radius 1 is 1.26 bits per heavy atom. The van der Waals surface area contributed by atoms with Gasteiger partial charge in [-0.05, 0) is 24.3 Å². The molecule has 4 rings (SSSR count). The van der Waals surface area contributed by atoms with Crippen LogP contribution in [-0.4, -0.2) is 27.6 Å². The molecule has 1 N–H and O–H groups in total. The molecule has 0 bridgehead atoms. The lowest BCUT2D eigenvalue weighted by Gasteiger charge is -2.07. The van der Waals surface area contributed by atoms with Crippen molar-refractivity contribution < 1.29 is 13.9 Å². The third kappa shape index (κ3) is 3.15. The Hall–Kier alpha value is -3.94. The number of carbonyl (C=O) groups is 1. The number of amides is 1. The monoisotopic (exact) mass is 362 g/mol. The summed E-state index contributed by atoms with van der Waals surface area (Å²) in [4.78, 5) is 32.9. The van der Waals surface area contributed by atoms with Crippen LogP contribution in [0, 0.1) is 0 Å². The molecule has 0 radical (unpaired) electrons. The predicted molar refractivity (Wildman–Crippen MR) is 98.3 cm³/mol. The van der Waals surface area contributed by atoms with Gasteiger partial charge in [0, 0.05) is 17.8 Å². The highest BCUT2D eigenvalue weighted by molar-refractivity contribution is 6.05. The van der Waals surface area contributed by atoms with Crippen molar-refractivity contribution in [1.29, 1.82) is 0 Å². The fraction of sp³-hybridized carbons (Fsp3) is 0.0526. The number of anilines is 1. The summed E-state index contributed by atoms with van der Waals surface area (Å²) in [7, 11) is 1.48. The molecule has 0 spiro atoms. The van der Waals surface area contributed by atoms with Crippen LogP contribution in [0.25, 0.3) is 16.8 Å². The van der Waals surface area contributed by atoms with Crippen LogP contribution in [0.3, 0.4) is 0 Å². The molecule has 27 heavy (non-hydrogen) atoms. The second kappa shape index (κ2) is 6.75. The highest BCUT2D eigenvalue weighted by atomic mass is 16.5. The van der Waals surface area contributed by atoms with Crippen LogP contribution in [-0.2, 0) is 0 Å². The summed E-state index contributed by atoms with van der Waals surface area (Å²) < 4.78 is 12.2. The second-order valence-corrected chi connectivity index (χ2v) is 5.66. The number of para-hydroxylation sites is 1. The fourth-order valence-electron chi connectivity index (χ4n) is 2.64. The van der Waals surface area contributed by atoms with Crippen molar-refractivity contribution in [3.8, 4) is 11.6 Å². The number of benzene rings is 1. The molecule has 3 aromatic heterocycles. The Morgan fingerprint density at radius 3 is 2.85 bits per heavy atom. The normalized spacial score (nSPS) is 10.7. The topological polar surface area (TPSA) is 99.2 Å². The quantitative estimate of drug-likeness (QED) is 0.560. The van der Waals surface area contributed by atoms with Crippen LogP contribution in [0.5, 0.6) is 5.75 Å². The number of methoxy groups -OCH3 is 1. The molecule has 134 valence electrons. The Labute approximate surface area is 153 Å². The maximum atomic E-state index is 12.5. The van der Waals surface area contributed by atoms with E-state index < -0.39 is 11.5 Å². The van der Waals surface area contributed by atoms with E-state index in [9.17, 15) is 9.59 Å². The lowest BCUT2D eigenvalue weighted by atomic mass is 10.1. The van der Waals surface area contributed by atoms with Crippen LogP contribution in [0.15, 0.2) is 70.5 Å². The average Bonchev–Trinajstić information content (AvgIpc) is 3.22. The highest BCUT2D eigenvalue weighted by Gasteiger charge is 2.16. The number of nitrogens with zero attached hydrogens (tertiary/aromatic N) is 3. The number of fused-ring (bicyclic) bond motifs is 1. The van der Waals surface area contributed by atoms with Gasteiger partial charge in [-0.3, -0.25) is 9.36 Å². The van der Waals surface area contributed by atoms with Crippen molar-refractivity contribution >= 4 is 22.6 Å². The second-order valence-electron chi connectivity index (χ2n) is 5.66. The molecule has 8 heteroatoms. The molecule has 0 unspecified atom stereocenters. The van der Waals surface area contributed by atoms with Gasteiger partial charge in [0.25, 0.3) is 5.91 Å². The smallest absolute Gasteiger partial charge is 0.349 e. The molecule has 0 saturated heterocycles. The summed E-state index contributed by atoms with van der Waals surface area (Å²) in [6, 6.07) is 10.1. The number of hydrogen-bond acceptors (Lipinski definition) is 6.